The second-order valence-electron chi connectivity index (χ2n) is 6.55. The summed E-state index contributed by atoms with van der Waals surface area (Å²) in [6, 6.07) is 18.4. The molecule has 2 N–H and O–H groups in total. The standard InChI is InChI=1S/C22H22N2O4S/c1-15-7-6-8-16(2)21(15)24-29(26,27)18-13-11-17(12-14-18)23-22(25)19-9-4-5-10-20(19)28-3/h4-14,24H,1-3H3,(H,23,25). The lowest BCUT2D eigenvalue weighted by Gasteiger charge is -2.14. The lowest BCUT2D eigenvalue weighted by molar-refractivity contribution is 0.102. The third-order valence-electron chi connectivity index (χ3n) is 4.49. The molecule has 3 aromatic rings. The molecule has 7 heteroatoms. The summed E-state index contributed by atoms with van der Waals surface area (Å²) in [6.07, 6.45) is 0. The summed E-state index contributed by atoms with van der Waals surface area (Å²) in [7, 11) is -2.25. The van der Waals surface area contributed by atoms with Crippen molar-refractivity contribution in [3.8, 4) is 5.75 Å². The van der Waals surface area contributed by atoms with Crippen molar-refractivity contribution in [2.45, 2.75) is 18.7 Å². The van der Waals surface area contributed by atoms with Gasteiger partial charge in [0.25, 0.3) is 15.9 Å². The van der Waals surface area contributed by atoms with Crippen molar-refractivity contribution in [1.29, 1.82) is 0 Å². The van der Waals surface area contributed by atoms with Crippen LogP contribution in [0.15, 0.2) is 71.6 Å². The summed E-state index contributed by atoms with van der Waals surface area (Å²) in [5.41, 5.74) is 3.12. The Morgan fingerprint density at radius 2 is 1.48 bits per heavy atom. The van der Waals surface area contributed by atoms with E-state index in [9.17, 15) is 13.2 Å². The molecule has 0 radical (unpaired) electrons. The molecule has 0 heterocycles. The van der Waals surface area contributed by atoms with Gasteiger partial charge in [0.1, 0.15) is 5.75 Å². The van der Waals surface area contributed by atoms with Gasteiger partial charge in [-0.1, -0.05) is 30.3 Å². The Balaban J connectivity index is 1.78. The highest BCUT2D eigenvalue weighted by molar-refractivity contribution is 7.92. The van der Waals surface area contributed by atoms with Crippen LogP contribution in [-0.4, -0.2) is 21.4 Å². The Labute approximate surface area is 170 Å². The van der Waals surface area contributed by atoms with E-state index in [-0.39, 0.29) is 10.8 Å². The lowest BCUT2D eigenvalue weighted by Crippen LogP contribution is -2.15. The Morgan fingerprint density at radius 1 is 0.862 bits per heavy atom. The molecule has 0 unspecified atom stereocenters. The molecule has 1 amide bonds. The van der Waals surface area contributed by atoms with Crippen molar-refractivity contribution in [3.63, 3.8) is 0 Å². The maximum Gasteiger partial charge on any atom is 0.261 e. The van der Waals surface area contributed by atoms with Crippen molar-refractivity contribution in [1.82, 2.24) is 0 Å². The van der Waals surface area contributed by atoms with Crippen molar-refractivity contribution in [2.75, 3.05) is 17.1 Å². The predicted octanol–water partition coefficient (Wildman–Crippen LogP) is 4.37. The number of rotatable bonds is 6. The molecular weight excluding hydrogens is 388 g/mol. The molecule has 6 nitrogen and oxygen atoms in total. The molecule has 0 atom stereocenters. The SMILES string of the molecule is COc1ccccc1C(=O)Nc1ccc(S(=O)(=O)Nc2c(C)cccc2C)cc1. The number of carbonyl (C=O) groups is 1. The van der Waals surface area contributed by atoms with E-state index >= 15 is 0 Å². The first-order chi connectivity index (χ1) is 13.8. The van der Waals surface area contributed by atoms with Crippen LogP contribution in [0.4, 0.5) is 11.4 Å². The third kappa shape index (κ3) is 4.57. The van der Waals surface area contributed by atoms with Crippen LogP contribution in [0.5, 0.6) is 5.75 Å². The molecule has 0 aliphatic rings. The molecule has 0 bridgehead atoms. The van der Waals surface area contributed by atoms with Gasteiger partial charge in [0.05, 0.1) is 23.3 Å². The quantitative estimate of drug-likeness (QED) is 0.632. The summed E-state index contributed by atoms with van der Waals surface area (Å²) in [5.74, 6) is 0.119. The van der Waals surface area contributed by atoms with Gasteiger partial charge in [0, 0.05) is 5.69 Å². The Bertz CT molecular complexity index is 1120. The molecule has 0 saturated heterocycles. The summed E-state index contributed by atoms with van der Waals surface area (Å²) < 4.78 is 33.3. The van der Waals surface area contributed by atoms with Crippen LogP contribution >= 0.6 is 0 Å². The van der Waals surface area contributed by atoms with Crippen LogP contribution in [0.1, 0.15) is 21.5 Å². The first-order valence-electron chi connectivity index (χ1n) is 8.95. The fourth-order valence-electron chi connectivity index (χ4n) is 2.92. The number of para-hydroxylation sites is 2. The molecular formula is C22H22N2O4S. The number of sulfonamides is 1. The average molecular weight is 410 g/mol. The van der Waals surface area contributed by atoms with Crippen LogP contribution in [0.2, 0.25) is 0 Å². The largest absolute Gasteiger partial charge is 0.496 e. The Kier molecular flexibility index (Phi) is 5.89. The second-order valence-corrected chi connectivity index (χ2v) is 8.23. The highest BCUT2D eigenvalue weighted by Crippen LogP contribution is 2.24. The molecule has 0 fully saturated rings. The van der Waals surface area contributed by atoms with Gasteiger partial charge in [0.2, 0.25) is 0 Å². The Morgan fingerprint density at radius 3 is 2.10 bits per heavy atom. The van der Waals surface area contributed by atoms with E-state index in [1.54, 1.807) is 36.4 Å². The molecule has 3 rings (SSSR count). The molecule has 3 aromatic carbocycles. The van der Waals surface area contributed by atoms with Gasteiger partial charge in [-0.15, -0.1) is 0 Å². The number of hydrogen-bond donors (Lipinski definition) is 2. The smallest absolute Gasteiger partial charge is 0.261 e. The number of aryl methyl sites for hydroxylation is 2. The van der Waals surface area contributed by atoms with Gasteiger partial charge < -0.3 is 10.1 Å². The summed E-state index contributed by atoms with van der Waals surface area (Å²) in [6.45, 7) is 3.70. The molecule has 0 aliphatic carbocycles. The molecule has 0 saturated carbocycles. The van der Waals surface area contributed by atoms with Crippen molar-refractivity contribution in [3.05, 3.63) is 83.4 Å². The minimum Gasteiger partial charge on any atom is -0.496 e. The number of hydrogen-bond acceptors (Lipinski definition) is 4. The average Bonchev–Trinajstić information content (AvgIpc) is 2.71. The van der Waals surface area contributed by atoms with E-state index in [0.29, 0.717) is 22.7 Å². The summed E-state index contributed by atoms with van der Waals surface area (Å²) in [5, 5.41) is 2.75. The molecule has 29 heavy (non-hydrogen) atoms. The van der Waals surface area contributed by atoms with E-state index in [1.807, 2.05) is 32.0 Å². The van der Waals surface area contributed by atoms with Crippen molar-refractivity contribution < 1.29 is 17.9 Å². The zero-order valence-corrected chi connectivity index (χ0v) is 17.2. The zero-order chi connectivity index (χ0) is 21.0. The number of carbonyl (C=O) groups excluding carboxylic acids is 1. The first-order valence-corrected chi connectivity index (χ1v) is 10.4. The van der Waals surface area contributed by atoms with E-state index in [1.165, 1.54) is 19.2 Å². The van der Waals surface area contributed by atoms with Crippen LogP contribution in [0.3, 0.4) is 0 Å². The molecule has 0 spiro atoms. The maximum atomic E-state index is 12.7. The minimum absolute atomic E-state index is 0.107. The highest BCUT2D eigenvalue weighted by atomic mass is 32.2. The van der Waals surface area contributed by atoms with Crippen molar-refractivity contribution in [2.24, 2.45) is 0 Å². The topological polar surface area (TPSA) is 84.5 Å². The summed E-state index contributed by atoms with van der Waals surface area (Å²) in [4.78, 5) is 12.6. The number of ether oxygens (including phenoxy) is 1. The van der Waals surface area contributed by atoms with Gasteiger partial charge in [-0.05, 0) is 61.4 Å². The van der Waals surface area contributed by atoms with E-state index < -0.39 is 10.0 Å². The van der Waals surface area contributed by atoms with Gasteiger partial charge in [0.15, 0.2) is 0 Å². The van der Waals surface area contributed by atoms with Crippen LogP contribution < -0.4 is 14.8 Å². The van der Waals surface area contributed by atoms with E-state index in [0.717, 1.165) is 11.1 Å². The Hall–Kier alpha value is -3.32. The zero-order valence-electron chi connectivity index (χ0n) is 16.4. The first kappa shape index (κ1) is 20.4. The van der Waals surface area contributed by atoms with Gasteiger partial charge in [-0.2, -0.15) is 0 Å². The third-order valence-corrected chi connectivity index (χ3v) is 5.86. The highest BCUT2D eigenvalue weighted by Gasteiger charge is 2.17. The van der Waals surface area contributed by atoms with Crippen LogP contribution in [-0.2, 0) is 10.0 Å². The number of nitrogens with one attached hydrogen (secondary N) is 2. The molecule has 0 aliphatic heterocycles. The van der Waals surface area contributed by atoms with Gasteiger partial charge in [-0.3, -0.25) is 9.52 Å². The predicted molar refractivity (Wildman–Crippen MR) is 114 cm³/mol. The fourth-order valence-corrected chi connectivity index (χ4v) is 4.12. The fraction of sp³-hybridized carbons (Fsp3) is 0.136. The number of methoxy groups -OCH3 is 1. The maximum absolute atomic E-state index is 12.7. The number of benzene rings is 3. The van der Waals surface area contributed by atoms with Crippen molar-refractivity contribution >= 4 is 27.3 Å². The van der Waals surface area contributed by atoms with Crippen LogP contribution in [0, 0.1) is 13.8 Å². The van der Waals surface area contributed by atoms with Crippen LogP contribution in [0.25, 0.3) is 0 Å². The lowest BCUT2D eigenvalue weighted by atomic mass is 10.1. The number of amides is 1. The number of anilines is 2. The minimum atomic E-state index is -3.75. The monoisotopic (exact) mass is 410 g/mol. The second kappa shape index (κ2) is 8.36. The van der Waals surface area contributed by atoms with Gasteiger partial charge >= 0.3 is 0 Å². The summed E-state index contributed by atoms with van der Waals surface area (Å²) >= 11 is 0. The normalized spacial score (nSPS) is 11.0. The van der Waals surface area contributed by atoms with E-state index in [2.05, 4.69) is 10.0 Å². The van der Waals surface area contributed by atoms with E-state index in [4.69, 9.17) is 4.74 Å². The molecule has 0 aromatic heterocycles. The van der Waals surface area contributed by atoms with Gasteiger partial charge in [-0.25, -0.2) is 8.42 Å². The molecule has 150 valence electrons.